The molecule has 0 N–H and O–H groups in total. The fraction of sp³-hybridized carbons (Fsp3) is 0.250. The Balaban J connectivity index is 2.99. The summed E-state index contributed by atoms with van der Waals surface area (Å²) in [7, 11) is 0. The molecular weight excluding hydrogens is 154 g/mol. The molecule has 0 atom stereocenters. The van der Waals surface area contributed by atoms with Crippen LogP contribution in [0.2, 0.25) is 0 Å². The van der Waals surface area contributed by atoms with Crippen LogP contribution >= 0.6 is 0 Å². The van der Waals surface area contributed by atoms with E-state index in [1.165, 1.54) is 0 Å². The summed E-state index contributed by atoms with van der Waals surface area (Å²) in [6.45, 7) is 2.45. The molecule has 1 aromatic carbocycles. The van der Waals surface area contributed by atoms with Crippen LogP contribution in [0, 0.1) is 0 Å². The number of rotatable bonds is 3. The highest BCUT2D eigenvalue weighted by atomic mass is 16.5. The van der Waals surface area contributed by atoms with Crippen LogP contribution in [0.3, 0.4) is 0 Å². The van der Waals surface area contributed by atoms with Crippen molar-refractivity contribution in [2.24, 2.45) is 5.11 Å². The first-order chi connectivity index (χ1) is 5.88. The van der Waals surface area contributed by atoms with Crippen molar-refractivity contribution in [3.05, 3.63) is 34.7 Å². The van der Waals surface area contributed by atoms with E-state index in [1.807, 2.05) is 13.0 Å². The molecule has 0 radical (unpaired) electrons. The lowest BCUT2D eigenvalue weighted by molar-refractivity contribution is 0.341. The van der Waals surface area contributed by atoms with Gasteiger partial charge in [0.15, 0.2) is 0 Å². The van der Waals surface area contributed by atoms with Crippen LogP contribution in [0.15, 0.2) is 29.4 Å². The molecule has 0 aromatic heterocycles. The molecule has 0 fully saturated rings. The van der Waals surface area contributed by atoms with Crippen molar-refractivity contribution in [2.45, 2.75) is 6.92 Å². The fourth-order valence-electron chi connectivity index (χ4n) is 0.866. The second-order valence-electron chi connectivity index (χ2n) is 2.09. The highest BCUT2D eigenvalue weighted by Crippen LogP contribution is 2.26. The molecule has 4 nitrogen and oxygen atoms in total. The smallest absolute Gasteiger partial charge is 0.128 e. The van der Waals surface area contributed by atoms with E-state index in [4.69, 9.17) is 10.3 Å². The van der Waals surface area contributed by atoms with Gasteiger partial charge in [-0.05, 0) is 24.6 Å². The molecular formula is C8H9N3O. The summed E-state index contributed by atoms with van der Waals surface area (Å²) in [6, 6.07) is 7.12. The number of hydrogen-bond acceptors (Lipinski definition) is 2. The van der Waals surface area contributed by atoms with Crippen LogP contribution in [-0.4, -0.2) is 6.61 Å². The van der Waals surface area contributed by atoms with E-state index in [1.54, 1.807) is 18.2 Å². The van der Waals surface area contributed by atoms with Gasteiger partial charge in [0.1, 0.15) is 5.75 Å². The van der Waals surface area contributed by atoms with Gasteiger partial charge in [-0.25, -0.2) is 0 Å². The Morgan fingerprint density at radius 3 is 2.92 bits per heavy atom. The maximum Gasteiger partial charge on any atom is 0.128 e. The van der Waals surface area contributed by atoms with Gasteiger partial charge in [-0.3, -0.25) is 0 Å². The second-order valence-corrected chi connectivity index (χ2v) is 2.09. The third-order valence-corrected chi connectivity index (χ3v) is 1.32. The van der Waals surface area contributed by atoms with E-state index in [0.717, 1.165) is 0 Å². The molecule has 1 aromatic rings. The summed E-state index contributed by atoms with van der Waals surface area (Å²) < 4.78 is 5.22. The predicted octanol–water partition coefficient (Wildman–Crippen LogP) is 3.03. The summed E-state index contributed by atoms with van der Waals surface area (Å²) in [5, 5.41) is 3.48. The van der Waals surface area contributed by atoms with Crippen molar-refractivity contribution in [2.75, 3.05) is 6.61 Å². The van der Waals surface area contributed by atoms with Crippen LogP contribution in [-0.2, 0) is 0 Å². The molecule has 62 valence electrons. The van der Waals surface area contributed by atoms with Crippen molar-refractivity contribution in [1.29, 1.82) is 0 Å². The predicted molar refractivity (Wildman–Crippen MR) is 46.4 cm³/mol. The normalized spacial score (nSPS) is 8.75. The Hall–Kier alpha value is -1.67. The summed E-state index contributed by atoms with van der Waals surface area (Å²) >= 11 is 0. The molecule has 4 heteroatoms. The van der Waals surface area contributed by atoms with Gasteiger partial charge >= 0.3 is 0 Å². The SMILES string of the molecule is CCOc1ccccc1N=[N+]=[N-]. The lowest BCUT2D eigenvalue weighted by Gasteiger charge is -2.04. The van der Waals surface area contributed by atoms with E-state index in [-0.39, 0.29) is 0 Å². The lowest BCUT2D eigenvalue weighted by Crippen LogP contribution is -1.90. The number of para-hydroxylation sites is 1. The zero-order chi connectivity index (χ0) is 8.81. The summed E-state index contributed by atoms with van der Waals surface area (Å²) in [5.41, 5.74) is 8.74. The van der Waals surface area contributed by atoms with Crippen LogP contribution < -0.4 is 4.74 Å². The molecule has 0 saturated carbocycles. The maximum atomic E-state index is 8.22. The Labute approximate surface area is 70.4 Å². The molecule has 0 bridgehead atoms. The van der Waals surface area contributed by atoms with E-state index in [2.05, 4.69) is 10.0 Å². The lowest BCUT2D eigenvalue weighted by atomic mass is 10.3. The molecule has 0 unspecified atom stereocenters. The number of benzene rings is 1. The quantitative estimate of drug-likeness (QED) is 0.383. The molecule has 12 heavy (non-hydrogen) atoms. The minimum Gasteiger partial charge on any atom is -0.493 e. The van der Waals surface area contributed by atoms with Gasteiger partial charge in [-0.1, -0.05) is 17.2 Å². The molecule has 0 aliphatic rings. The number of ether oxygens (including phenoxy) is 1. The Bertz CT molecular complexity index is 305. The zero-order valence-corrected chi connectivity index (χ0v) is 6.77. The third kappa shape index (κ3) is 1.90. The van der Waals surface area contributed by atoms with Crippen molar-refractivity contribution in [3.8, 4) is 5.75 Å². The molecule has 0 saturated heterocycles. The van der Waals surface area contributed by atoms with E-state index >= 15 is 0 Å². The topological polar surface area (TPSA) is 58.0 Å². The summed E-state index contributed by atoms with van der Waals surface area (Å²) in [4.78, 5) is 2.69. The van der Waals surface area contributed by atoms with Crippen molar-refractivity contribution in [3.63, 3.8) is 0 Å². The number of hydrogen-bond donors (Lipinski definition) is 0. The first-order valence-electron chi connectivity index (χ1n) is 3.65. The zero-order valence-electron chi connectivity index (χ0n) is 6.77. The molecule has 0 amide bonds. The van der Waals surface area contributed by atoms with E-state index < -0.39 is 0 Å². The van der Waals surface area contributed by atoms with Crippen molar-refractivity contribution < 1.29 is 4.74 Å². The molecule has 0 aliphatic heterocycles. The van der Waals surface area contributed by atoms with Crippen molar-refractivity contribution in [1.82, 2.24) is 0 Å². The van der Waals surface area contributed by atoms with E-state index in [9.17, 15) is 0 Å². The average molecular weight is 163 g/mol. The number of nitrogens with zero attached hydrogens (tertiary/aromatic N) is 3. The van der Waals surface area contributed by atoms with Crippen LogP contribution in [0.5, 0.6) is 5.75 Å². The molecule has 0 aliphatic carbocycles. The van der Waals surface area contributed by atoms with Gasteiger partial charge in [0.2, 0.25) is 0 Å². The van der Waals surface area contributed by atoms with Crippen LogP contribution in [0.25, 0.3) is 10.4 Å². The monoisotopic (exact) mass is 163 g/mol. The average Bonchev–Trinajstić information content (AvgIpc) is 2.09. The van der Waals surface area contributed by atoms with Gasteiger partial charge in [-0.2, -0.15) is 0 Å². The van der Waals surface area contributed by atoms with E-state index in [0.29, 0.717) is 18.0 Å². The fourth-order valence-corrected chi connectivity index (χ4v) is 0.866. The van der Waals surface area contributed by atoms with Gasteiger partial charge in [-0.15, -0.1) is 0 Å². The van der Waals surface area contributed by atoms with Crippen molar-refractivity contribution >= 4 is 5.69 Å². The number of azide groups is 1. The standard InChI is InChI=1S/C8H9N3O/c1-2-12-8-6-4-3-5-7(8)10-11-9/h3-6H,2H2,1H3. The molecule has 0 heterocycles. The minimum absolute atomic E-state index is 0.529. The largest absolute Gasteiger partial charge is 0.493 e. The highest BCUT2D eigenvalue weighted by molar-refractivity contribution is 5.50. The first kappa shape index (κ1) is 8.43. The van der Waals surface area contributed by atoms with Gasteiger partial charge in [0, 0.05) is 4.91 Å². The summed E-state index contributed by atoms with van der Waals surface area (Å²) in [6.07, 6.45) is 0. The van der Waals surface area contributed by atoms with Gasteiger partial charge in [0.05, 0.1) is 12.3 Å². The Morgan fingerprint density at radius 1 is 1.50 bits per heavy atom. The minimum atomic E-state index is 0.529. The first-order valence-corrected chi connectivity index (χ1v) is 3.65. The van der Waals surface area contributed by atoms with Crippen LogP contribution in [0.1, 0.15) is 6.92 Å². The third-order valence-electron chi connectivity index (χ3n) is 1.32. The maximum absolute atomic E-state index is 8.22. The second kappa shape index (κ2) is 4.26. The molecule has 1 rings (SSSR count). The Morgan fingerprint density at radius 2 is 2.25 bits per heavy atom. The van der Waals surface area contributed by atoms with Gasteiger partial charge in [0.25, 0.3) is 0 Å². The highest BCUT2D eigenvalue weighted by Gasteiger charge is 1.97. The van der Waals surface area contributed by atoms with Gasteiger partial charge < -0.3 is 4.74 Å². The Kier molecular flexibility index (Phi) is 2.99. The van der Waals surface area contributed by atoms with Crippen LogP contribution in [0.4, 0.5) is 5.69 Å². The molecule has 0 spiro atoms. The summed E-state index contributed by atoms with van der Waals surface area (Å²) in [5.74, 6) is 0.623.